The third-order valence-corrected chi connectivity index (χ3v) is 1.04. The summed E-state index contributed by atoms with van der Waals surface area (Å²) < 4.78 is 0. The second-order valence-corrected chi connectivity index (χ2v) is 2.45. The SMILES string of the molecule is C=C(C)N=CC(=C)NCCC. The van der Waals surface area contributed by atoms with Gasteiger partial charge in [0, 0.05) is 24.2 Å². The fourth-order valence-corrected chi connectivity index (χ4v) is 0.519. The van der Waals surface area contributed by atoms with E-state index in [0.717, 1.165) is 24.4 Å². The Bertz CT molecular complexity index is 168. The van der Waals surface area contributed by atoms with Crippen LogP contribution in [0.1, 0.15) is 20.3 Å². The Morgan fingerprint density at radius 2 is 2.18 bits per heavy atom. The first kappa shape index (κ1) is 9.95. The van der Waals surface area contributed by atoms with Crippen molar-refractivity contribution in [3.63, 3.8) is 0 Å². The Kier molecular flexibility index (Phi) is 5.17. The van der Waals surface area contributed by atoms with Crippen molar-refractivity contribution in [2.45, 2.75) is 20.3 Å². The number of aliphatic imine (C=N–C) groups is 1. The minimum atomic E-state index is 0.796. The maximum Gasteiger partial charge on any atom is 0.0496 e. The lowest BCUT2D eigenvalue weighted by Crippen LogP contribution is -2.13. The van der Waals surface area contributed by atoms with Crippen LogP contribution in [-0.2, 0) is 0 Å². The smallest absolute Gasteiger partial charge is 0.0496 e. The van der Waals surface area contributed by atoms with E-state index >= 15 is 0 Å². The predicted molar refractivity (Wildman–Crippen MR) is 50.7 cm³/mol. The minimum absolute atomic E-state index is 0.796. The molecule has 2 heteroatoms. The van der Waals surface area contributed by atoms with Crippen LogP contribution < -0.4 is 5.32 Å². The average molecular weight is 152 g/mol. The summed E-state index contributed by atoms with van der Waals surface area (Å²) in [7, 11) is 0. The van der Waals surface area contributed by atoms with E-state index in [9.17, 15) is 0 Å². The summed E-state index contributed by atoms with van der Waals surface area (Å²) in [5.74, 6) is 0. The number of hydrogen-bond donors (Lipinski definition) is 1. The molecule has 0 spiro atoms. The van der Waals surface area contributed by atoms with E-state index < -0.39 is 0 Å². The van der Waals surface area contributed by atoms with Crippen LogP contribution in [0, 0.1) is 0 Å². The average Bonchev–Trinajstić information content (AvgIpc) is 1.97. The van der Waals surface area contributed by atoms with Crippen molar-refractivity contribution < 1.29 is 0 Å². The fourth-order valence-electron chi connectivity index (χ4n) is 0.519. The highest BCUT2D eigenvalue weighted by Crippen LogP contribution is 1.88. The van der Waals surface area contributed by atoms with Gasteiger partial charge in [-0.05, 0) is 13.3 Å². The highest BCUT2D eigenvalue weighted by Gasteiger charge is 1.84. The van der Waals surface area contributed by atoms with E-state index in [1.807, 2.05) is 6.92 Å². The molecule has 0 fully saturated rings. The van der Waals surface area contributed by atoms with Crippen molar-refractivity contribution in [1.29, 1.82) is 0 Å². The van der Waals surface area contributed by atoms with Crippen LogP contribution in [0.3, 0.4) is 0 Å². The molecule has 0 rings (SSSR count). The van der Waals surface area contributed by atoms with Crippen molar-refractivity contribution in [3.8, 4) is 0 Å². The van der Waals surface area contributed by atoms with Gasteiger partial charge in [-0.15, -0.1) is 0 Å². The van der Waals surface area contributed by atoms with E-state index in [1.165, 1.54) is 0 Å². The Morgan fingerprint density at radius 3 is 2.64 bits per heavy atom. The molecular formula is C9H16N2. The van der Waals surface area contributed by atoms with E-state index in [1.54, 1.807) is 6.21 Å². The van der Waals surface area contributed by atoms with Crippen molar-refractivity contribution in [2.24, 2.45) is 4.99 Å². The molecule has 0 aliphatic carbocycles. The van der Waals surface area contributed by atoms with Gasteiger partial charge in [0.15, 0.2) is 0 Å². The molecule has 0 unspecified atom stereocenters. The van der Waals surface area contributed by atoms with Crippen molar-refractivity contribution in [3.05, 3.63) is 24.6 Å². The standard InChI is InChI=1S/C9H16N2/c1-5-6-10-9(4)7-11-8(2)3/h7,10H,2,4-6H2,1,3H3. The zero-order chi connectivity index (χ0) is 8.69. The van der Waals surface area contributed by atoms with Gasteiger partial charge in [0.25, 0.3) is 0 Å². The highest BCUT2D eigenvalue weighted by molar-refractivity contribution is 5.77. The molecular weight excluding hydrogens is 136 g/mol. The van der Waals surface area contributed by atoms with Gasteiger partial charge < -0.3 is 5.32 Å². The fraction of sp³-hybridized carbons (Fsp3) is 0.444. The first-order valence-corrected chi connectivity index (χ1v) is 3.79. The zero-order valence-electron chi connectivity index (χ0n) is 7.35. The highest BCUT2D eigenvalue weighted by atomic mass is 14.9. The van der Waals surface area contributed by atoms with E-state index in [-0.39, 0.29) is 0 Å². The second kappa shape index (κ2) is 5.71. The van der Waals surface area contributed by atoms with Gasteiger partial charge in [-0.25, -0.2) is 0 Å². The molecule has 0 aromatic carbocycles. The summed E-state index contributed by atoms with van der Waals surface area (Å²) in [6, 6.07) is 0. The summed E-state index contributed by atoms with van der Waals surface area (Å²) >= 11 is 0. The summed E-state index contributed by atoms with van der Waals surface area (Å²) in [6.07, 6.45) is 2.79. The predicted octanol–water partition coefficient (Wildman–Crippen LogP) is 2.10. The molecule has 0 saturated heterocycles. The molecule has 2 nitrogen and oxygen atoms in total. The minimum Gasteiger partial charge on any atom is -0.384 e. The second-order valence-electron chi connectivity index (χ2n) is 2.45. The van der Waals surface area contributed by atoms with Gasteiger partial charge in [-0.3, -0.25) is 4.99 Å². The third kappa shape index (κ3) is 6.84. The normalized spacial score (nSPS) is 10.0. The first-order chi connectivity index (χ1) is 5.16. The monoisotopic (exact) mass is 152 g/mol. The number of hydrogen-bond acceptors (Lipinski definition) is 2. The number of rotatable bonds is 5. The lowest BCUT2D eigenvalue weighted by atomic mass is 10.4. The Hall–Kier alpha value is -1.05. The molecule has 0 aliphatic heterocycles. The van der Waals surface area contributed by atoms with Crippen LogP contribution in [0.5, 0.6) is 0 Å². The lowest BCUT2D eigenvalue weighted by Gasteiger charge is -2.01. The van der Waals surface area contributed by atoms with Crippen molar-refractivity contribution >= 4 is 6.21 Å². The third-order valence-electron chi connectivity index (χ3n) is 1.04. The number of nitrogens with one attached hydrogen (secondary N) is 1. The van der Waals surface area contributed by atoms with Crippen LogP contribution in [-0.4, -0.2) is 12.8 Å². The van der Waals surface area contributed by atoms with Crippen LogP contribution in [0.25, 0.3) is 0 Å². The van der Waals surface area contributed by atoms with E-state index in [0.29, 0.717) is 0 Å². The molecule has 0 saturated carbocycles. The van der Waals surface area contributed by atoms with Crippen LogP contribution in [0.15, 0.2) is 29.5 Å². The molecule has 1 N–H and O–H groups in total. The lowest BCUT2D eigenvalue weighted by molar-refractivity contribution is 0.796. The van der Waals surface area contributed by atoms with Crippen molar-refractivity contribution in [2.75, 3.05) is 6.54 Å². The van der Waals surface area contributed by atoms with Gasteiger partial charge in [0.05, 0.1) is 0 Å². The first-order valence-electron chi connectivity index (χ1n) is 3.79. The summed E-state index contributed by atoms with van der Waals surface area (Å²) in [4.78, 5) is 4.00. The van der Waals surface area contributed by atoms with Crippen LogP contribution in [0.4, 0.5) is 0 Å². The van der Waals surface area contributed by atoms with Gasteiger partial charge in [-0.2, -0.15) is 0 Å². The van der Waals surface area contributed by atoms with Gasteiger partial charge >= 0.3 is 0 Å². The maximum absolute atomic E-state index is 4.00. The molecule has 11 heavy (non-hydrogen) atoms. The molecule has 0 aliphatic rings. The molecule has 0 aromatic rings. The Balaban J connectivity index is 3.60. The van der Waals surface area contributed by atoms with E-state index in [2.05, 4.69) is 30.4 Å². The summed E-state index contributed by atoms with van der Waals surface area (Å²) in [5.41, 5.74) is 1.64. The van der Waals surface area contributed by atoms with Gasteiger partial charge in [0.1, 0.15) is 0 Å². The molecule has 0 aromatic heterocycles. The van der Waals surface area contributed by atoms with Crippen LogP contribution >= 0.6 is 0 Å². The number of allylic oxidation sites excluding steroid dienone is 2. The van der Waals surface area contributed by atoms with Crippen LogP contribution in [0.2, 0.25) is 0 Å². The largest absolute Gasteiger partial charge is 0.384 e. The molecule has 0 radical (unpaired) electrons. The molecule has 0 heterocycles. The summed E-state index contributed by atoms with van der Waals surface area (Å²) in [6.45, 7) is 12.3. The van der Waals surface area contributed by atoms with Gasteiger partial charge in [-0.1, -0.05) is 20.1 Å². The molecule has 0 bridgehead atoms. The molecule has 0 atom stereocenters. The summed E-state index contributed by atoms with van der Waals surface area (Å²) in [5, 5.41) is 3.10. The molecule has 62 valence electrons. The van der Waals surface area contributed by atoms with Crippen molar-refractivity contribution in [1.82, 2.24) is 5.32 Å². The molecule has 0 amide bonds. The Labute approximate surface area is 68.7 Å². The number of nitrogens with zero attached hydrogens (tertiary/aromatic N) is 1. The topological polar surface area (TPSA) is 24.4 Å². The maximum atomic E-state index is 4.00. The Morgan fingerprint density at radius 1 is 1.55 bits per heavy atom. The van der Waals surface area contributed by atoms with Gasteiger partial charge in [0.2, 0.25) is 0 Å². The van der Waals surface area contributed by atoms with E-state index in [4.69, 9.17) is 0 Å². The quantitative estimate of drug-likeness (QED) is 0.599. The zero-order valence-corrected chi connectivity index (χ0v) is 7.35.